The summed E-state index contributed by atoms with van der Waals surface area (Å²) >= 11 is 0. The molecule has 8 heteroatoms. The minimum atomic E-state index is -1.71. The van der Waals surface area contributed by atoms with Gasteiger partial charge in [-0.2, -0.15) is 4.39 Å². The average Bonchev–Trinajstić information content (AvgIpc) is 3.10. The van der Waals surface area contributed by atoms with Crippen molar-refractivity contribution in [3.05, 3.63) is 65.9 Å². The second kappa shape index (κ2) is 7.12. The van der Waals surface area contributed by atoms with Crippen LogP contribution in [0.5, 0.6) is 5.75 Å². The molecule has 0 amide bonds. The van der Waals surface area contributed by atoms with Gasteiger partial charge in [0.15, 0.2) is 23.0 Å². The Labute approximate surface area is 169 Å². The molecule has 0 radical (unpaired) electrons. The van der Waals surface area contributed by atoms with E-state index in [0.29, 0.717) is 0 Å². The lowest BCUT2D eigenvalue weighted by atomic mass is 10.00. The number of pyridine rings is 1. The summed E-state index contributed by atoms with van der Waals surface area (Å²) in [6.07, 6.45) is 1.38. The third-order valence-corrected chi connectivity index (χ3v) is 4.17. The normalized spacial score (nSPS) is 11.8. The highest BCUT2D eigenvalue weighted by Crippen LogP contribution is 2.45. The van der Waals surface area contributed by atoms with E-state index in [1.165, 1.54) is 24.4 Å². The molecule has 4 nitrogen and oxygen atoms in total. The van der Waals surface area contributed by atoms with Crippen molar-refractivity contribution in [1.82, 2.24) is 9.97 Å². The fourth-order valence-corrected chi connectivity index (χ4v) is 3.00. The van der Waals surface area contributed by atoms with Gasteiger partial charge in [-0.3, -0.25) is 4.98 Å². The molecule has 0 unspecified atom stereocenters. The van der Waals surface area contributed by atoms with Crippen LogP contribution in [-0.4, -0.2) is 15.6 Å². The molecule has 0 saturated carbocycles. The van der Waals surface area contributed by atoms with Gasteiger partial charge in [-0.25, -0.2) is 18.2 Å². The van der Waals surface area contributed by atoms with E-state index in [0.717, 1.165) is 6.07 Å². The number of oxazole rings is 1. The molecule has 154 valence electrons. The minimum absolute atomic E-state index is 0.0242. The van der Waals surface area contributed by atoms with E-state index >= 15 is 0 Å². The Hall–Kier alpha value is -3.42. The summed E-state index contributed by atoms with van der Waals surface area (Å²) in [5.74, 6) is -6.09. The van der Waals surface area contributed by atoms with Crippen LogP contribution in [0.15, 0.2) is 47.0 Å². The van der Waals surface area contributed by atoms with Crippen molar-refractivity contribution < 1.29 is 26.7 Å². The Morgan fingerprint density at radius 1 is 0.900 bits per heavy atom. The SMILES string of the molecule is CC(C)(C)Oc1c(F)c(F)c(F)c(-c2ccccn2)c1-c1nc2ccc(F)cc2o1. The molecule has 0 fully saturated rings. The van der Waals surface area contributed by atoms with Crippen LogP contribution in [0.4, 0.5) is 17.6 Å². The number of aromatic nitrogens is 2. The van der Waals surface area contributed by atoms with E-state index in [2.05, 4.69) is 9.97 Å². The first-order chi connectivity index (χ1) is 14.2. The predicted octanol–water partition coefficient (Wildman–Crippen LogP) is 6.29. The number of fused-ring (bicyclic) bond motifs is 1. The maximum Gasteiger partial charge on any atom is 0.232 e. The van der Waals surface area contributed by atoms with Gasteiger partial charge in [0.2, 0.25) is 11.7 Å². The van der Waals surface area contributed by atoms with Crippen molar-refractivity contribution in [3.8, 4) is 28.5 Å². The molecule has 4 rings (SSSR count). The molecule has 0 N–H and O–H groups in total. The van der Waals surface area contributed by atoms with Crippen LogP contribution < -0.4 is 4.74 Å². The van der Waals surface area contributed by atoms with Gasteiger partial charge in [0, 0.05) is 12.3 Å². The molecule has 0 aliphatic carbocycles. The van der Waals surface area contributed by atoms with Crippen LogP contribution in [-0.2, 0) is 0 Å². The first kappa shape index (κ1) is 19.9. The summed E-state index contributed by atoms with van der Waals surface area (Å²) in [6, 6.07) is 8.22. The largest absolute Gasteiger partial charge is 0.484 e. The standard InChI is InChI=1S/C22H16F4N2O2/c1-22(2,3)30-20-16(21-28-12-8-7-11(23)10-14(12)29-21)15(13-6-4-5-9-27-13)17(24)18(25)19(20)26/h4-10H,1-3H3. The summed E-state index contributed by atoms with van der Waals surface area (Å²) in [5.41, 5.74) is -1.25. The van der Waals surface area contributed by atoms with Crippen molar-refractivity contribution >= 4 is 11.1 Å². The van der Waals surface area contributed by atoms with Gasteiger partial charge in [0.1, 0.15) is 16.9 Å². The van der Waals surface area contributed by atoms with Crippen LogP contribution in [0.3, 0.4) is 0 Å². The van der Waals surface area contributed by atoms with E-state index in [1.807, 2.05) is 0 Å². The van der Waals surface area contributed by atoms with Gasteiger partial charge in [0.25, 0.3) is 0 Å². The summed E-state index contributed by atoms with van der Waals surface area (Å²) in [4.78, 5) is 8.27. The highest BCUT2D eigenvalue weighted by Gasteiger charge is 2.33. The van der Waals surface area contributed by atoms with E-state index in [-0.39, 0.29) is 33.8 Å². The molecule has 0 spiro atoms. The maximum absolute atomic E-state index is 15.0. The molecule has 2 heterocycles. The lowest BCUT2D eigenvalue weighted by molar-refractivity contribution is 0.123. The maximum atomic E-state index is 15.0. The van der Waals surface area contributed by atoms with E-state index < -0.39 is 34.6 Å². The van der Waals surface area contributed by atoms with E-state index in [4.69, 9.17) is 9.15 Å². The number of benzene rings is 2. The van der Waals surface area contributed by atoms with Gasteiger partial charge in [-0.05, 0) is 45.0 Å². The zero-order chi connectivity index (χ0) is 21.6. The topological polar surface area (TPSA) is 48.2 Å². The average molecular weight is 416 g/mol. The van der Waals surface area contributed by atoms with Crippen molar-refractivity contribution in [3.63, 3.8) is 0 Å². The Morgan fingerprint density at radius 2 is 1.67 bits per heavy atom. The van der Waals surface area contributed by atoms with Crippen molar-refractivity contribution in [2.24, 2.45) is 0 Å². The molecule has 30 heavy (non-hydrogen) atoms. The lowest BCUT2D eigenvalue weighted by Gasteiger charge is -2.24. The molecule has 4 aromatic rings. The predicted molar refractivity (Wildman–Crippen MR) is 103 cm³/mol. The molecule has 0 saturated heterocycles. The number of hydrogen-bond acceptors (Lipinski definition) is 4. The highest BCUT2D eigenvalue weighted by molar-refractivity contribution is 5.86. The molecule has 0 atom stereocenters. The zero-order valence-electron chi connectivity index (χ0n) is 16.3. The first-order valence-corrected chi connectivity index (χ1v) is 9.03. The van der Waals surface area contributed by atoms with Crippen LogP contribution in [0, 0.1) is 23.3 Å². The fraction of sp³-hybridized carbons (Fsp3) is 0.182. The molecular formula is C22H16F4N2O2. The van der Waals surface area contributed by atoms with Crippen LogP contribution >= 0.6 is 0 Å². The molecular weight excluding hydrogens is 400 g/mol. The summed E-state index contributed by atoms with van der Waals surface area (Å²) < 4.78 is 69.2. The number of nitrogens with zero attached hydrogens (tertiary/aromatic N) is 2. The Morgan fingerprint density at radius 3 is 2.33 bits per heavy atom. The summed E-state index contributed by atoms with van der Waals surface area (Å²) in [7, 11) is 0. The molecule has 0 aliphatic rings. The van der Waals surface area contributed by atoms with E-state index in [9.17, 15) is 17.6 Å². The molecule has 2 aromatic heterocycles. The number of hydrogen-bond donors (Lipinski definition) is 0. The van der Waals surface area contributed by atoms with Gasteiger partial charge in [-0.15, -0.1) is 0 Å². The third-order valence-electron chi connectivity index (χ3n) is 4.17. The molecule has 0 bridgehead atoms. The smallest absolute Gasteiger partial charge is 0.232 e. The summed E-state index contributed by atoms with van der Waals surface area (Å²) in [5, 5.41) is 0. The zero-order valence-corrected chi connectivity index (χ0v) is 16.3. The first-order valence-electron chi connectivity index (χ1n) is 9.03. The van der Waals surface area contributed by atoms with Crippen molar-refractivity contribution in [2.75, 3.05) is 0 Å². The Kier molecular flexibility index (Phi) is 4.72. The van der Waals surface area contributed by atoms with Crippen LogP contribution in [0.25, 0.3) is 33.8 Å². The second-order valence-corrected chi connectivity index (χ2v) is 7.58. The van der Waals surface area contributed by atoms with Gasteiger partial charge in [-0.1, -0.05) is 6.07 Å². The number of ether oxygens (including phenoxy) is 1. The second-order valence-electron chi connectivity index (χ2n) is 7.58. The summed E-state index contributed by atoms with van der Waals surface area (Å²) in [6.45, 7) is 4.87. The van der Waals surface area contributed by atoms with Gasteiger partial charge < -0.3 is 9.15 Å². The Bertz CT molecular complexity index is 1250. The quantitative estimate of drug-likeness (QED) is 0.291. The van der Waals surface area contributed by atoms with Crippen molar-refractivity contribution in [1.29, 1.82) is 0 Å². The van der Waals surface area contributed by atoms with Gasteiger partial charge in [0.05, 0.1) is 16.8 Å². The number of halogens is 4. The molecule has 0 aliphatic heterocycles. The van der Waals surface area contributed by atoms with Crippen LogP contribution in [0.2, 0.25) is 0 Å². The van der Waals surface area contributed by atoms with Crippen LogP contribution in [0.1, 0.15) is 20.8 Å². The Balaban J connectivity index is 2.11. The monoisotopic (exact) mass is 416 g/mol. The molecule has 2 aromatic carbocycles. The number of rotatable bonds is 3. The highest BCUT2D eigenvalue weighted by atomic mass is 19.2. The third kappa shape index (κ3) is 3.49. The minimum Gasteiger partial charge on any atom is -0.484 e. The lowest BCUT2D eigenvalue weighted by Crippen LogP contribution is -2.24. The fourth-order valence-electron chi connectivity index (χ4n) is 3.00. The van der Waals surface area contributed by atoms with Crippen molar-refractivity contribution in [2.45, 2.75) is 26.4 Å². The van der Waals surface area contributed by atoms with Gasteiger partial charge >= 0.3 is 0 Å². The van der Waals surface area contributed by atoms with E-state index in [1.54, 1.807) is 32.9 Å².